The lowest BCUT2D eigenvalue weighted by Crippen LogP contribution is -2.44. The molecule has 0 amide bonds. The van der Waals surface area contributed by atoms with Crippen LogP contribution >= 0.6 is 0 Å². The minimum absolute atomic E-state index is 0.215. The standard InChI is InChI=1S/C27H27F3N6O/c1-27(29,30)22-4-3-5-23(28)21(22)17-36-24(37)11-6-18-16-31-26(33-25(18)36)32-19-7-9-20(10-8-19)35-14-12-34(2)13-15-35/h3-11,16H,12-15,17H2,1-2H3,(H,31,32,33). The number of likely N-dealkylation sites (N-methyl/N-ethyl adjacent to an activating group) is 1. The second-order valence-corrected chi connectivity index (χ2v) is 9.35. The zero-order valence-electron chi connectivity index (χ0n) is 20.6. The van der Waals surface area contributed by atoms with Crippen molar-refractivity contribution < 1.29 is 13.2 Å². The Bertz CT molecular complexity index is 1470. The van der Waals surface area contributed by atoms with Crippen LogP contribution in [0.25, 0.3) is 11.0 Å². The van der Waals surface area contributed by atoms with E-state index < -0.39 is 29.4 Å². The van der Waals surface area contributed by atoms with Gasteiger partial charge in [-0.05, 0) is 43.4 Å². The van der Waals surface area contributed by atoms with Gasteiger partial charge in [0.15, 0.2) is 0 Å². The monoisotopic (exact) mass is 508 g/mol. The van der Waals surface area contributed by atoms with Gasteiger partial charge in [-0.15, -0.1) is 0 Å². The van der Waals surface area contributed by atoms with Crippen molar-refractivity contribution in [3.8, 4) is 0 Å². The Morgan fingerprint density at radius 3 is 2.43 bits per heavy atom. The van der Waals surface area contributed by atoms with Crippen molar-refractivity contribution in [2.24, 2.45) is 0 Å². The van der Waals surface area contributed by atoms with Crippen LogP contribution in [0.2, 0.25) is 0 Å². The molecule has 7 nitrogen and oxygen atoms in total. The molecular formula is C27H27F3N6O. The van der Waals surface area contributed by atoms with Crippen LogP contribution in [0.15, 0.2) is 65.6 Å². The molecule has 0 aliphatic carbocycles. The van der Waals surface area contributed by atoms with Crippen molar-refractivity contribution >= 4 is 28.4 Å². The highest BCUT2D eigenvalue weighted by Gasteiger charge is 2.29. The fourth-order valence-electron chi connectivity index (χ4n) is 4.52. The Balaban J connectivity index is 1.44. The van der Waals surface area contributed by atoms with Crippen LogP contribution in [0.1, 0.15) is 18.1 Å². The minimum Gasteiger partial charge on any atom is -0.369 e. The van der Waals surface area contributed by atoms with Gasteiger partial charge in [-0.1, -0.05) is 12.1 Å². The van der Waals surface area contributed by atoms with Gasteiger partial charge in [-0.2, -0.15) is 4.98 Å². The number of pyridine rings is 1. The van der Waals surface area contributed by atoms with Gasteiger partial charge in [0, 0.05) is 73.3 Å². The Labute approximate surface area is 212 Å². The minimum atomic E-state index is -3.27. The molecule has 1 fully saturated rings. The largest absolute Gasteiger partial charge is 0.369 e. The Morgan fingerprint density at radius 1 is 1.00 bits per heavy atom. The highest BCUT2D eigenvalue weighted by Crippen LogP contribution is 2.32. The van der Waals surface area contributed by atoms with Gasteiger partial charge in [0.25, 0.3) is 11.5 Å². The van der Waals surface area contributed by atoms with E-state index in [1.807, 2.05) is 24.3 Å². The Hall–Kier alpha value is -3.92. The van der Waals surface area contributed by atoms with Gasteiger partial charge in [0.1, 0.15) is 11.5 Å². The molecule has 0 bridgehead atoms. The predicted octanol–water partition coefficient (Wildman–Crippen LogP) is 4.59. The van der Waals surface area contributed by atoms with Crippen molar-refractivity contribution in [1.29, 1.82) is 0 Å². The van der Waals surface area contributed by atoms with E-state index >= 15 is 0 Å². The fraction of sp³-hybridized carbons (Fsp3) is 0.296. The zero-order valence-corrected chi connectivity index (χ0v) is 20.6. The average molecular weight is 509 g/mol. The lowest BCUT2D eigenvalue weighted by atomic mass is 10.0. The van der Waals surface area contributed by atoms with Gasteiger partial charge in [-0.25, -0.2) is 18.2 Å². The van der Waals surface area contributed by atoms with Crippen LogP contribution in [0, 0.1) is 5.82 Å². The molecule has 5 rings (SSSR count). The third-order valence-electron chi connectivity index (χ3n) is 6.62. The molecule has 4 aromatic rings. The van der Waals surface area contributed by atoms with E-state index in [9.17, 15) is 18.0 Å². The molecule has 0 unspecified atom stereocenters. The summed E-state index contributed by atoms with van der Waals surface area (Å²) in [4.78, 5) is 26.2. The number of halogens is 3. The molecular weight excluding hydrogens is 481 g/mol. The lowest BCUT2D eigenvalue weighted by molar-refractivity contribution is 0.0160. The predicted molar refractivity (Wildman–Crippen MR) is 138 cm³/mol. The number of nitrogens with one attached hydrogen (secondary N) is 1. The molecule has 1 saturated heterocycles. The maximum atomic E-state index is 14.7. The van der Waals surface area contributed by atoms with E-state index in [1.54, 1.807) is 6.07 Å². The van der Waals surface area contributed by atoms with E-state index in [4.69, 9.17) is 0 Å². The zero-order chi connectivity index (χ0) is 26.2. The number of rotatable bonds is 6. The van der Waals surface area contributed by atoms with E-state index in [1.165, 1.54) is 29.0 Å². The fourth-order valence-corrected chi connectivity index (χ4v) is 4.52. The number of anilines is 3. The van der Waals surface area contributed by atoms with Crippen LogP contribution < -0.4 is 15.8 Å². The maximum Gasteiger partial charge on any atom is 0.270 e. The van der Waals surface area contributed by atoms with Gasteiger partial charge in [0.2, 0.25) is 5.95 Å². The van der Waals surface area contributed by atoms with Crippen LogP contribution in [-0.2, 0) is 12.5 Å². The Kier molecular flexibility index (Phi) is 6.59. The molecule has 0 spiro atoms. The Morgan fingerprint density at radius 2 is 1.73 bits per heavy atom. The summed E-state index contributed by atoms with van der Waals surface area (Å²) >= 11 is 0. The number of fused-ring (bicyclic) bond motifs is 1. The van der Waals surface area contributed by atoms with Crippen molar-refractivity contribution in [2.75, 3.05) is 43.4 Å². The van der Waals surface area contributed by atoms with Crippen LogP contribution in [0.5, 0.6) is 0 Å². The second kappa shape index (κ2) is 9.85. The van der Waals surface area contributed by atoms with Crippen molar-refractivity contribution in [1.82, 2.24) is 19.4 Å². The number of hydrogen-bond donors (Lipinski definition) is 1. The average Bonchev–Trinajstić information content (AvgIpc) is 2.87. The number of nitrogens with zero attached hydrogens (tertiary/aromatic N) is 5. The molecule has 1 N–H and O–H groups in total. The molecule has 2 aromatic heterocycles. The highest BCUT2D eigenvalue weighted by molar-refractivity contribution is 5.76. The first-order valence-corrected chi connectivity index (χ1v) is 12.0. The normalized spacial score (nSPS) is 14.8. The van der Waals surface area contributed by atoms with E-state index in [2.05, 4.69) is 32.1 Å². The van der Waals surface area contributed by atoms with Crippen LogP contribution in [0.3, 0.4) is 0 Å². The molecule has 10 heteroatoms. The first-order chi connectivity index (χ1) is 17.7. The first kappa shape index (κ1) is 24.8. The SMILES string of the molecule is CN1CCN(c2ccc(Nc3ncc4ccc(=O)n(Cc5c(F)cccc5C(C)(F)F)c4n3)cc2)CC1. The summed E-state index contributed by atoms with van der Waals surface area (Å²) in [6.45, 7) is 4.26. The van der Waals surface area contributed by atoms with Gasteiger partial charge in [0.05, 0.1) is 6.54 Å². The maximum absolute atomic E-state index is 14.7. The summed E-state index contributed by atoms with van der Waals surface area (Å²) in [5.74, 6) is -3.85. The molecule has 192 valence electrons. The first-order valence-electron chi connectivity index (χ1n) is 12.0. The van der Waals surface area contributed by atoms with Gasteiger partial charge in [-0.3, -0.25) is 9.36 Å². The van der Waals surface area contributed by atoms with Crippen molar-refractivity contribution in [3.63, 3.8) is 0 Å². The smallest absolute Gasteiger partial charge is 0.270 e. The number of alkyl halides is 2. The number of benzene rings is 2. The number of aromatic nitrogens is 3. The molecule has 0 saturated carbocycles. The van der Waals surface area contributed by atoms with Crippen molar-refractivity contribution in [2.45, 2.75) is 19.4 Å². The topological polar surface area (TPSA) is 66.3 Å². The van der Waals surface area contributed by atoms with Crippen LogP contribution in [0.4, 0.5) is 30.5 Å². The summed E-state index contributed by atoms with van der Waals surface area (Å²) < 4.78 is 44.2. The summed E-state index contributed by atoms with van der Waals surface area (Å²) in [5, 5.41) is 3.66. The summed E-state index contributed by atoms with van der Waals surface area (Å²) in [5.41, 5.74) is 0.890. The summed E-state index contributed by atoms with van der Waals surface area (Å²) in [6, 6.07) is 14.3. The summed E-state index contributed by atoms with van der Waals surface area (Å²) in [7, 11) is 2.11. The molecule has 0 radical (unpaired) electrons. The quantitative estimate of drug-likeness (QED) is 0.411. The van der Waals surface area contributed by atoms with Gasteiger partial charge >= 0.3 is 0 Å². The third kappa shape index (κ3) is 5.29. The number of hydrogen-bond acceptors (Lipinski definition) is 6. The molecule has 37 heavy (non-hydrogen) atoms. The third-order valence-corrected chi connectivity index (χ3v) is 6.62. The molecule has 1 aliphatic heterocycles. The molecule has 1 aliphatic rings. The van der Waals surface area contributed by atoms with Gasteiger partial charge < -0.3 is 15.1 Å². The molecule has 2 aromatic carbocycles. The molecule has 0 atom stereocenters. The number of piperazine rings is 1. The second-order valence-electron chi connectivity index (χ2n) is 9.35. The van der Waals surface area contributed by atoms with E-state index in [-0.39, 0.29) is 17.2 Å². The van der Waals surface area contributed by atoms with E-state index in [0.29, 0.717) is 12.3 Å². The van der Waals surface area contributed by atoms with Crippen LogP contribution in [-0.4, -0.2) is 52.7 Å². The summed E-state index contributed by atoms with van der Waals surface area (Å²) in [6.07, 6.45) is 1.54. The van der Waals surface area contributed by atoms with E-state index in [0.717, 1.165) is 43.6 Å². The highest BCUT2D eigenvalue weighted by atomic mass is 19.3. The lowest BCUT2D eigenvalue weighted by Gasteiger charge is -2.34. The molecule has 3 heterocycles. The van der Waals surface area contributed by atoms with Crippen molar-refractivity contribution in [3.05, 3.63) is 88.1 Å².